The monoisotopic (exact) mass is 977 g/mol. The quantitative estimate of drug-likeness (QED) is 0.0216. The van der Waals surface area contributed by atoms with E-state index in [0.29, 0.717) is 18.4 Å². The molecule has 25 nitrogen and oxygen atoms in total. The second-order valence-electron chi connectivity index (χ2n) is 17.6. The highest BCUT2D eigenvalue weighted by molar-refractivity contribution is 5.97. The first kappa shape index (κ1) is 58.5. The number of hydrogen-bond acceptors (Lipinski definition) is 14. The van der Waals surface area contributed by atoms with E-state index >= 15 is 0 Å². The number of phenolic OH excluding ortho intramolecular Hbond substituents is 1. The van der Waals surface area contributed by atoms with Crippen LogP contribution in [-0.2, 0) is 49.6 Å². The molecule has 1 aliphatic rings. The summed E-state index contributed by atoms with van der Waals surface area (Å²) in [7, 11) is 0. The third-order valence-electron chi connectivity index (χ3n) is 11.3. The third-order valence-corrected chi connectivity index (χ3v) is 11.3. The van der Waals surface area contributed by atoms with Gasteiger partial charge in [-0.1, -0.05) is 46.2 Å². The van der Waals surface area contributed by atoms with Gasteiger partial charge < -0.3 is 79.7 Å². The van der Waals surface area contributed by atoms with Gasteiger partial charge in [0.15, 0.2) is 5.96 Å². The zero-order chi connectivity index (χ0) is 52.1. The van der Waals surface area contributed by atoms with Crippen LogP contribution in [0.5, 0.6) is 5.75 Å². The summed E-state index contributed by atoms with van der Waals surface area (Å²) in [5.41, 5.74) is 16.7. The molecule has 0 aliphatic carbocycles. The highest BCUT2D eigenvalue weighted by Gasteiger charge is 2.41. The Morgan fingerprint density at radius 3 is 1.91 bits per heavy atom. The first-order valence-corrected chi connectivity index (χ1v) is 22.9. The first-order valence-electron chi connectivity index (χ1n) is 22.9. The van der Waals surface area contributed by atoms with E-state index in [1.165, 1.54) is 43.0 Å². The molecule has 386 valence electrons. The van der Waals surface area contributed by atoms with Gasteiger partial charge in [-0.25, -0.2) is 4.79 Å². The van der Waals surface area contributed by atoms with Gasteiger partial charge in [-0.05, 0) is 75.5 Å². The number of rotatable bonds is 28. The van der Waals surface area contributed by atoms with Crippen molar-refractivity contribution in [3.8, 4) is 5.75 Å². The maximum Gasteiger partial charge on any atom is 0.326 e. The van der Waals surface area contributed by atoms with Gasteiger partial charge in [0.1, 0.15) is 48.0 Å². The van der Waals surface area contributed by atoms with E-state index in [9.17, 15) is 63.6 Å². The SMILES string of the molecule is CC[C@H](C)[C@H](NC(=O)[C@H](Cc1ccc(O)cc1)NC(=O)CNC(=O)[C@@H](N)[C@@H](C)O)C(=O)N1CCC[C@H]1C(=O)N[C@@H](CC(C)C)C(=O)NCC(=O)N[C@H](C(=O)N[C@@H](CCCN=C(N)N)C(=O)O)[C@@H](C)O. The van der Waals surface area contributed by atoms with Crippen LogP contribution < -0.4 is 54.4 Å². The van der Waals surface area contributed by atoms with Crippen LogP contribution in [0.3, 0.4) is 0 Å². The molecule has 0 unspecified atom stereocenters. The van der Waals surface area contributed by atoms with Gasteiger partial charge in [0, 0.05) is 19.5 Å². The molecule has 0 aromatic heterocycles. The van der Waals surface area contributed by atoms with Crippen molar-refractivity contribution in [2.24, 2.45) is 34.0 Å². The number of hydrogen-bond donors (Lipinski definition) is 14. The number of carbonyl (C=O) groups is 9. The minimum Gasteiger partial charge on any atom is -0.508 e. The van der Waals surface area contributed by atoms with Crippen LogP contribution >= 0.6 is 0 Å². The van der Waals surface area contributed by atoms with Gasteiger partial charge in [-0.15, -0.1) is 0 Å². The number of nitrogens with zero attached hydrogens (tertiary/aromatic N) is 2. The standard InChI is InChI=1S/C44H72N12O13/c1-7-23(4)35(55-38(63)30(19-26-12-14-27(59)15-13-26)51-32(60)20-50-40(65)34(45)24(5)57)42(67)56-17-9-11-31(56)39(64)53-29(18-22(2)3)37(62)49-21-33(61)54-36(25(6)58)41(66)52-28(43(68)69)10-8-16-48-44(46)47/h12-15,22-25,28-31,34-36,57-59H,7-11,16-21,45H2,1-6H3,(H,49,62)(H,50,65)(H,51,60)(H,52,66)(H,53,64)(H,54,61)(H,55,63)(H,68,69)(H4,46,47,48)/t23-,24+,25+,28-,29-,30-,31-,34-,35-,36-/m0/s1. The zero-order valence-corrected chi connectivity index (χ0v) is 40.0. The Morgan fingerprint density at radius 1 is 0.754 bits per heavy atom. The zero-order valence-electron chi connectivity index (χ0n) is 40.0. The van der Waals surface area contributed by atoms with Crippen molar-refractivity contribution in [3.63, 3.8) is 0 Å². The van der Waals surface area contributed by atoms with E-state index in [4.69, 9.17) is 17.2 Å². The van der Waals surface area contributed by atoms with Crippen LogP contribution in [0, 0.1) is 11.8 Å². The van der Waals surface area contributed by atoms with Crippen LogP contribution in [0.25, 0.3) is 0 Å². The highest BCUT2D eigenvalue weighted by atomic mass is 16.4. The molecule has 0 bridgehead atoms. The van der Waals surface area contributed by atoms with Crippen LogP contribution in [0.15, 0.2) is 29.3 Å². The van der Waals surface area contributed by atoms with Crippen molar-refractivity contribution in [3.05, 3.63) is 29.8 Å². The molecule has 0 radical (unpaired) electrons. The van der Waals surface area contributed by atoms with E-state index in [0.717, 1.165) is 0 Å². The molecule has 1 aromatic carbocycles. The minimum absolute atomic E-state index is 0.0403. The molecule has 1 aliphatic heterocycles. The molecule has 0 spiro atoms. The first-order chi connectivity index (χ1) is 32.4. The Labute approximate surface area is 400 Å². The number of aliphatic carboxylic acids is 1. The number of benzene rings is 1. The number of carboxylic acids is 1. The summed E-state index contributed by atoms with van der Waals surface area (Å²) >= 11 is 0. The molecule has 1 aromatic rings. The Morgan fingerprint density at radius 2 is 1.36 bits per heavy atom. The molecule has 8 amide bonds. The number of aliphatic hydroxyl groups excluding tert-OH is 2. The van der Waals surface area contributed by atoms with Crippen LogP contribution in [0.1, 0.15) is 85.6 Å². The molecule has 25 heteroatoms. The molecule has 0 saturated carbocycles. The summed E-state index contributed by atoms with van der Waals surface area (Å²) in [4.78, 5) is 124. The Balaban J connectivity index is 2.21. The number of nitrogens with two attached hydrogens (primary N) is 3. The number of nitrogens with one attached hydrogen (secondary N) is 7. The lowest BCUT2D eigenvalue weighted by Crippen LogP contribution is -2.60. The number of phenols is 1. The Kier molecular flexibility index (Phi) is 24.3. The van der Waals surface area contributed by atoms with E-state index in [2.05, 4.69) is 42.2 Å². The molecule has 1 saturated heterocycles. The van der Waals surface area contributed by atoms with Gasteiger partial charge in [0.05, 0.1) is 25.3 Å². The fourth-order valence-electron chi connectivity index (χ4n) is 7.16. The van der Waals surface area contributed by atoms with Crippen LogP contribution in [-0.4, -0.2) is 165 Å². The molecule has 1 heterocycles. The number of likely N-dealkylation sites (tertiary alicyclic amines) is 1. The van der Waals surface area contributed by atoms with Crippen molar-refractivity contribution in [1.29, 1.82) is 0 Å². The Bertz CT molecular complexity index is 1960. The average molecular weight is 977 g/mol. The average Bonchev–Trinajstić information content (AvgIpc) is 3.78. The molecular weight excluding hydrogens is 905 g/mol. The second-order valence-corrected chi connectivity index (χ2v) is 17.6. The summed E-state index contributed by atoms with van der Waals surface area (Å²) in [5.74, 6) is -8.56. The molecule has 69 heavy (non-hydrogen) atoms. The number of guanidine groups is 1. The second kappa shape index (κ2) is 28.7. The summed E-state index contributed by atoms with van der Waals surface area (Å²) < 4.78 is 0. The van der Waals surface area contributed by atoms with Crippen molar-refractivity contribution in [2.45, 2.75) is 141 Å². The van der Waals surface area contributed by atoms with Crippen molar-refractivity contribution in [1.82, 2.24) is 42.1 Å². The van der Waals surface area contributed by atoms with Crippen molar-refractivity contribution in [2.75, 3.05) is 26.2 Å². The highest BCUT2D eigenvalue weighted by Crippen LogP contribution is 2.23. The van der Waals surface area contributed by atoms with E-state index < -0.39 is 127 Å². The maximum atomic E-state index is 14.4. The number of carboxylic acid groups (broad SMARTS) is 1. The fraction of sp³-hybridized carbons (Fsp3) is 0.636. The molecule has 17 N–H and O–H groups in total. The number of amides is 8. The van der Waals surface area contributed by atoms with Crippen molar-refractivity contribution < 1.29 is 63.6 Å². The number of aliphatic imine (C=N–C) groups is 1. The van der Waals surface area contributed by atoms with Gasteiger partial charge in [0.2, 0.25) is 47.3 Å². The maximum absolute atomic E-state index is 14.4. The minimum atomic E-state index is -1.61. The predicted octanol–water partition coefficient (Wildman–Crippen LogP) is -4.10. The molecule has 10 atom stereocenters. The topological polar surface area (TPSA) is 412 Å². The molecular formula is C44H72N12O13. The van der Waals surface area contributed by atoms with E-state index in [-0.39, 0.29) is 62.8 Å². The van der Waals surface area contributed by atoms with Crippen LogP contribution in [0.4, 0.5) is 0 Å². The largest absolute Gasteiger partial charge is 0.508 e. The van der Waals surface area contributed by atoms with Crippen molar-refractivity contribution >= 4 is 59.2 Å². The van der Waals surface area contributed by atoms with E-state index in [1.807, 2.05) is 0 Å². The summed E-state index contributed by atoms with van der Waals surface area (Å²) in [5, 5.41) is 56.6. The Hall–Kier alpha value is -6.60. The van der Waals surface area contributed by atoms with E-state index in [1.54, 1.807) is 27.7 Å². The molecule has 1 fully saturated rings. The summed E-state index contributed by atoms with van der Waals surface area (Å²) in [6.45, 7) is 8.54. The smallest absolute Gasteiger partial charge is 0.326 e. The lowest BCUT2D eigenvalue weighted by molar-refractivity contribution is -0.143. The van der Waals surface area contributed by atoms with Gasteiger partial charge in [-0.3, -0.25) is 43.3 Å². The van der Waals surface area contributed by atoms with Gasteiger partial charge in [-0.2, -0.15) is 0 Å². The lowest BCUT2D eigenvalue weighted by atomic mass is 9.96. The fourth-order valence-corrected chi connectivity index (χ4v) is 7.16. The molecule has 2 rings (SSSR count). The number of aliphatic hydroxyl groups is 2. The number of aromatic hydroxyl groups is 1. The summed E-state index contributed by atoms with van der Waals surface area (Å²) in [6.07, 6.45) is -1.54. The normalized spacial score (nSPS) is 17.2. The van der Waals surface area contributed by atoms with Crippen LogP contribution in [0.2, 0.25) is 0 Å². The van der Waals surface area contributed by atoms with Gasteiger partial charge >= 0.3 is 5.97 Å². The number of carbonyl (C=O) groups excluding carboxylic acids is 8. The predicted molar refractivity (Wildman–Crippen MR) is 250 cm³/mol. The summed E-state index contributed by atoms with van der Waals surface area (Å²) in [6, 6.07) is -3.22. The lowest BCUT2D eigenvalue weighted by Gasteiger charge is -2.33. The van der Waals surface area contributed by atoms with Gasteiger partial charge in [0.25, 0.3) is 0 Å². The third kappa shape index (κ3) is 19.9.